The average molecular weight is 380 g/mol. The Morgan fingerprint density at radius 3 is 2.54 bits per heavy atom. The van der Waals surface area contributed by atoms with Gasteiger partial charge in [0.1, 0.15) is 11.0 Å². The van der Waals surface area contributed by atoms with Gasteiger partial charge in [0.25, 0.3) is 5.56 Å². The van der Waals surface area contributed by atoms with E-state index in [0.29, 0.717) is 42.7 Å². The van der Waals surface area contributed by atoms with Crippen LogP contribution in [0.5, 0.6) is 0 Å². The predicted octanol–water partition coefficient (Wildman–Crippen LogP) is 1.66. The molecule has 0 saturated carbocycles. The van der Waals surface area contributed by atoms with Crippen molar-refractivity contribution in [1.82, 2.24) is 28.6 Å². The molecule has 4 rings (SSSR count). The number of aromatic amines is 1. The molecule has 8 heteroatoms. The van der Waals surface area contributed by atoms with E-state index in [4.69, 9.17) is 0 Å². The van der Waals surface area contributed by atoms with Crippen molar-refractivity contribution in [2.24, 2.45) is 0 Å². The van der Waals surface area contributed by atoms with Gasteiger partial charge in [-0.3, -0.25) is 13.9 Å². The minimum absolute atomic E-state index is 0.292. The minimum Gasteiger partial charge on any atom is -0.344 e. The van der Waals surface area contributed by atoms with Gasteiger partial charge in [0.15, 0.2) is 5.65 Å². The summed E-state index contributed by atoms with van der Waals surface area (Å²) in [6, 6.07) is 9.74. The molecule has 0 amide bonds. The van der Waals surface area contributed by atoms with Crippen molar-refractivity contribution in [2.45, 2.75) is 33.0 Å². The summed E-state index contributed by atoms with van der Waals surface area (Å²) in [5.41, 5.74) is 2.34. The summed E-state index contributed by atoms with van der Waals surface area (Å²) < 4.78 is 4.66. The molecule has 0 spiro atoms. The Hall–Kier alpha value is -3.13. The third kappa shape index (κ3) is 2.95. The molecule has 3 heterocycles. The zero-order valence-corrected chi connectivity index (χ0v) is 16.3. The standard InChI is InChI=1S/C20H24N6O2/c1-4-10-24-19(27)16-17-21-11-15(13-23(2)3)26(17)22-18(16)25(20(24)28)12-14-8-6-5-7-9-14/h5-9,11,21H,4,10,12-13H2,1-3H3. The van der Waals surface area contributed by atoms with E-state index >= 15 is 0 Å². The summed E-state index contributed by atoms with van der Waals surface area (Å²) in [4.78, 5) is 31.4. The summed E-state index contributed by atoms with van der Waals surface area (Å²) in [5, 5.41) is 5.11. The summed E-state index contributed by atoms with van der Waals surface area (Å²) in [7, 11) is 3.95. The lowest BCUT2D eigenvalue weighted by Crippen LogP contribution is -2.40. The van der Waals surface area contributed by atoms with Gasteiger partial charge in [-0.1, -0.05) is 37.3 Å². The van der Waals surface area contributed by atoms with E-state index in [1.54, 1.807) is 9.08 Å². The number of H-pyrrole nitrogens is 1. The maximum absolute atomic E-state index is 13.1. The Morgan fingerprint density at radius 1 is 1.11 bits per heavy atom. The first-order chi connectivity index (χ1) is 13.5. The Kier molecular flexibility index (Phi) is 4.64. The SMILES string of the molecule is CCCn1c(=O)c2c(nn3c(CN(C)C)c[nH]c23)n(Cc2ccccc2)c1=O. The molecule has 0 aliphatic heterocycles. The summed E-state index contributed by atoms with van der Waals surface area (Å²) in [6.07, 6.45) is 2.56. The normalized spacial score (nSPS) is 11.9. The van der Waals surface area contributed by atoms with E-state index in [1.165, 1.54) is 4.57 Å². The molecule has 0 unspecified atom stereocenters. The highest BCUT2D eigenvalue weighted by atomic mass is 16.2. The van der Waals surface area contributed by atoms with Crippen molar-refractivity contribution in [3.05, 3.63) is 68.6 Å². The van der Waals surface area contributed by atoms with Gasteiger partial charge in [-0.25, -0.2) is 9.31 Å². The zero-order valence-electron chi connectivity index (χ0n) is 16.3. The van der Waals surface area contributed by atoms with Gasteiger partial charge < -0.3 is 9.88 Å². The molecule has 4 aromatic rings. The third-order valence-electron chi connectivity index (χ3n) is 4.80. The van der Waals surface area contributed by atoms with E-state index in [1.807, 2.05) is 62.4 Å². The summed E-state index contributed by atoms with van der Waals surface area (Å²) in [6.45, 7) is 3.36. The zero-order chi connectivity index (χ0) is 19.8. The number of hydrogen-bond acceptors (Lipinski definition) is 4. The van der Waals surface area contributed by atoms with Crippen LogP contribution in [-0.2, 0) is 19.6 Å². The fraction of sp³-hybridized carbons (Fsp3) is 0.350. The number of nitrogens with zero attached hydrogens (tertiary/aromatic N) is 5. The van der Waals surface area contributed by atoms with Crippen LogP contribution in [0, 0.1) is 0 Å². The predicted molar refractivity (Wildman–Crippen MR) is 109 cm³/mol. The van der Waals surface area contributed by atoms with Gasteiger partial charge in [-0.15, -0.1) is 5.10 Å². The molecule has 146 valence electrons. The number of nitrogens with one attached hydrogen (secondary N) is 1. The summed E-state index contributed by atoms with van der Waals surface area (Å²) >= 11 is 0. The molecule has 0 bridgehead atoms. The van der Waals surface area contributed by atoms with Gasteiger partial charge in [0.2, 0.25) is 0 Å². The Labute approximate surface area is 161 Å². The maximum atomic E-state index is 13.1. The van der Waals surface area contributed by atoms with Crippen LogP contribution < -0.4 is 11.2 Å². The fourth-order valence-corrected chi connectivity index (χ4v) is 3.57. The summed E-state index contributed by atoms with van der Waals surface area (Å²) in [5.74, 6) is 0. The quantitative estimate of drug-likeness (QED) is 0.552. The van der Waals surface area contributed by atoms with Crippen molar-refractivity contribution in [3.63, 3.8) is 0 Å². The van der Waals surface area contributed by atoms with Crippen molar-refractivity contribution in [1.29, 1.82) is 0 Å². The molecule has 1 N–H and O–H groups in total. The van der Waals surface area contributed by atoms with Crippen molar-refractivity contribution in [3.8, 4) is 0 Å². The molecule has 0 aliphatic carbocycles. The highest BCUT2D eigenvalue weighted by Crippen LogP contribution is 2.17. The lowest BCUT2D eigenvalue weighted by molar-refractivity contribution is 0.393. The van der Waals surface area contributed by atoms with Crippen LogP contribution in [0.1, 0.15) is 24.6 Å². The van der Waals surface area contributed by atoms with Crippen LogP contribution in [0.4, 0.5) is 0 Å². The Balaban J connectivity index is 2.03. The largest absolute Gasteiger partial charge is 0.344 e. The van der Waals surface area contributed by atoms with E-state index in [2.05, 4.69) is 10.1 Å². The number of fused-ring (bicyclic) bond motifs is 3. The molecular formula is C20H24N6O2. The number of imidazole rings is 1. The van der Waals surface area contributed by atoms with Gasteiger partial charge in [0.05, 0.1) is 12.2 Å². The molecule has 3 aromatic heterocycles. The lowest BCUT2D eigenvalue weighted by Gasteiger charge is -2.11. The van der Waals surface area contributed by atoms with Crippen molar-refractivity contribution < 1.29 is 0 Å². The molecule has 0 aliphatic rings. The first-order valence-corrected chi connectivity index (χ1v) is 9.42. The van der Waals surface area contributed by atoms with E-state index < -0.39 is 0 Å². The monoisotopic (exact) mass is 380 g/mol. The smallest absolute Gasteiger partial charge is 0.333 e. The number of benzene rings is 1. The van der Waals surface area contributed by atoms with Crippen LogP contribution in [0.2, 0.25) is 0 Å². The topological polar surface area (TPSA) is 80.3 Å². The second-order valence-corrected chi connectivity index (χ2v) is 7.29. The third-order valence-corrected chi connectivity index (χ3v) is 4.80. The molecular weight excluding hydrogens is 356 g/mol. The van der Waals surface area contributed by atoms with Gasteiger partial charge >= 0.3 is 5.69 Å². The average Bonchev–Trinajstić information content (AvgIpc) is 3.23. The highest BCUT2D eigenvalue weighted by molar-refractivity contribution is 5.89. The lowest BCUT2D eigenvalue weighted by atomic mass is 10.2. The second kappa shape index (κ2) is 7.12. The fourth-order valence-electron chi connectivity index (χ4n) is 3.57. The Bertz CT molecular complexity index is 1240. The van der Waals surface area contributed by atoms with Crippen LogP contribution in [-0.4, -0.2) is 42.7 Å². The van der Waals surface area contributed by atoms with Crippen LogP contribution in [0.3, 0.4) is 0 Å². The van der Waals surface area contributed by atoms with E-state index in [9.17, 15) is 9.59 Å². The first kappa shape index (κ1) is 18.2. The van der Waals surface area contributed by atoms with Gasteiger partial charge in [-0.05, 0) is 26.1 Å². The van der Waals surface area contributed by atoms with Crippen LogP contribution >= 0.6 is 0 Å². The molecule has 1 aromatic carbocycles. The van der Waals surface area contributed by atoms with Crippen molar-refractivity contribution in [2.75, 3.05) is 14.1 Å². The maximum Gasteiger partial charge on any atom is 0.333 e. The number of rotatable bonds is 6. The molecule has 28 heavy (non-hydrogen) atoms. The number of hydrogen-bond donors (Lipinski definition) is 1. The van der Waals surface area contributed by atoms with Gasteiger partial charge in [0, 0.05) is 19.3 Å². The second-order valence-electron chi connectivity index (χ2n) is 7.29. The number of aromatic nitrogens is 5. The minimum atomic E-state index is -0.321. The molecule has 0 atom stereocenters. The van der Waals surface area contributed by atoms with Crippen molar-refractivity contribution >= 4 is 16.7 Å². The Morgan fingerprint density at radius 2 is 1.86 bits per heavy atom. The highest BCUT2D eigenvalue weighted by Gasteiger charge is 2.21. The first-order valence-electron chi connectivity index (χ1n) is 9.42. The molecule has 0 radical (unpaired) electrons. The molecule has 0 saturated heterocycles. The van der Waals surface area contributed by atoms with Crippen LogP contribution in [0.25, 0.3) is 16.7 Å². The van der Waals surface area contributed by atoms with E-state index in [-0.39, 0.29) is 11.2 Å². The molecule has 8 nitrogen and oxygen atoms in total. The van der Waals surface area contributed by atoms with Gasteiger partial charge in [-0.2, -0.15) is 0 Å². The van der Waals surface area contributed by atoms with Crippen LogP contribution in [0.15, 0.2) is 46.1 Å². The van der Waals surface area contributed by atoms with E-state index in [0.717, 1.165) is 11.3 Å². The molecule has 0 fully saturated rings.